The second-order valence-electron chi connectivity index (χ2n) is 4.07. The Kier molecular flexibility index (Phi) is 3.74. The highest BCUT2D eigenvalue weighted by molar-refractivity contribution is 7.90. The summed E-state index contributed by atoms with van der Waals surface area (Å²) in [6.45, 7) is 1.04. The lowest BCUT2D eigenvalue weighted by molar-refractivity contribution is 0.170. The topological polar surface area (TPSA) is 46.2 Å². The van der Waals surface area contributed by atoms with Crippen molar-refractivity contribution in [2.75, 3.05) is 25.6 Å². The molecule has 1 aliphatic rings. The second-order valence-corrected chi connectivity index (χ2v) is 6.33. The van der Waals surface area contributed by atoms with E-state index in [0.29, 0.717) is 17.6 Å². The fraction of sp³-hybridized carbons (Fsp3) is 1.00. The van der Waals surface area contributed by atoms with Crippen LogP contribution in [0.1, 0.15) is 19.3 Å². The Morgan fingerprint density at radius 1 is 1.31 bits per heavy atom. The van der Waals surface area contributed by atoms with Crippen molar-refractivity contribution in [2.45, 2.75) is 19.3 Å². The summed E-state index contributed by atoms with van der Waals surface area (Å²) in [6, 6.07) is 0. The van der Waals surface area contributed by atoms with E-state index in [1.165, 1.54) is 19.1 Å². The van der Waals surface area contributed by atoms with E-state index in [2.05, 4.69) is 5.32 Å². The van der Waals surface area contributed by atoms with Crippen molar-refractivity contribution in [3.8, 4) is 0 Å². The fourth-order valence-corrected chi connectivity index (χ4v) is 2.65. The number of sulfone groups is 1. The van der Waals surface area contributed by atoms with Crippen LogP contribution in [0.15, 0.2) is 0 Å². The molecule has 1 N–H and O–H groups in total. The zero-order valence-corrected chi connectivity index (χ0v) is 9.23. The van der Waals surface area contributed by atoms with Crippen molar-refractivity contribution < 1.29 is 8.42 Å². The smallest absolute Gasteiger partial charge is 0.147 e. The normalized spacial score (nSPS) is 28.5. The predicted molar refractivity (Wildman–Crippen MR) is 54.5 cm³/mol. The first-order valence-electron chi connectivity index (χ1n) is 4.85. The highest BCUT2D eigenvalue weighted by Gasteiger charge is 2.30. The van der Waals surface area contributed by atoms with Gasteiger partial charge in [-0.05, 0) is 44.7 Å². The molecule has 2 unspecified atom stereocenters. The minimum absolute atomic E-state index is 0.359. The van der Waals surface area contributed by atoms with E-state index in [9.17, 15) is 8.42 Å². The average molecular weight is 205 g/mol. The van der Waals surface area contributed by atoms with Crippen LogP contribution in [0, 0.1) is 11.8 Å². The molecule has 0 bridgehead atoms. The van der Waals surface area contributed by atoms with Crippen LogP contribution in [-0.2, 0) is 9.84 Å². The molecule has 0 radical (unpaired) electrons. The summed E-state index contributed by atoms with van der Waals surface area (Å²) >= 11 is 0. The van der Waals surface area contributed by atoms with Crippen LogP contribution < -0.4 is 5.32 Å². The van der Waals surface area contributed by atoms with Crippen molar-refractivity contribution in [2.24, 2.45) is 11.8 Å². The lowest BCUT2D eigenvalue weighted by atomic mass is 9.72. The first kappa shape index (κ1) is 11.0. The summed E-state index contributed by atoms with van der Waals surface area (Å²) in [5.74, 6) is 1.71. The molecule has 4 heteroatoms. The van der Waals surface area contributed by atoms with Crippen molar-refractivity contribution in [1.82, 2.24) is 5.32 Å². The average Bonchev–Trinajstić information content (AvgIpc) is 1.96. The van der Waals surface area contributed by atoms with E-state index >= 15 is 0 Å². The molecule has 1 rings (SSSR count). The van der Waals surface area contributed by atoms with E-state index in [4.69, 9.17) is 0 Å². The van der Waals surface area contributed by atoms with Gasteiger partial charge in [0.15, 0.2) is 0 Å². The highest BCUT2D eigenvalue weighted by atomic mass is 32.2. The molecule has 2 atom stereocenters. The van der Waals surface area contributed by atoms with Gasteiger partial charge in [0.25, 0.3) is 0 Å². The minimum Gasteiger partial charge on any atom is -0.319 e. The molecule has 1 saturated carbocycles. The quantitative estimate of drug-likeness (QED) is 0.717. The largest absolute Gasteiger partial charge is 0.319 e. The third kappa shape index (κ3) is 3.65. The van der Waals surface area contributed by atoms with E-state index in [0.717, 1.165) is 13.0 Å². The Labute approximate surface area is 80.8 Å². The van der Waals surface area contributed by atoms with Crippen LogP contribution in [0.3, 0.4) is 0 Å². The standard InChI is InChI=1S/C9H19NO2S/c1-10-7-9-4-3-8(9)5-6-13(2,11)12/h8-10H,3-7H2,1-2H3. The van der Waals surface area contributed by atoms with Crippen LogP contribution in [0.25, 0.3) is 0 Å². The molecule has 0 heterocycles. The Morgan fingerprint density at radius 3 is 2.31 bits per heavy atom. The van der Waals surface area contributed by atoms with Gasteiger partial charge < -0.3 is 5.32 Å². The first-order valence-corrected chi connectivity index (χ1v) is 6.91. The molecule has 1 aliphatic carbocycles. The molecule has 0 aromatic carbocycles. The molecule has 0 amide bonds. The molecule has 0 aromatic heterocycles. The van der Waals surface area contributed by atoms with Crippen LogP contribution in [-0.4, -0.2) is 34.0 Å². The number of nitrogens with one attached hydrogen (secondary N) is 1. The predicted octanol–water partition coefficient (Wildman–Crippen LogP) is 0.667. The molecule has 1 fully saturated rings. The van der Waals surface area contributed by atoms with Gasteiger partial charge in [0.2, 0.25) is 0 Å². The van der Waals surface area contributed by atoms with Gasteiger partial charge in [0, 0.05) is 6.26 Å². The highest BCUT2D eigenvalue weighted by Crippen LogP contribution is 2.36. The molecule has 13 heavy (non-hydrogen) atoms. The molecule has 0 saturated heterocycles. The van der Waals surface area contributed by atoms with Crippen molar-refractivity contribution >= 4 is 9.84 Å². The van der Waals surface area contributed by atoms with Gasteiger partial charge in [-0.2, -0.15) is 0 Å². The lowest BCUT2D eigenvalue weighted by Gasteiger charge is -2.36. The van der Waals surface area contributed by atoms with Crippen molar-refractivity contribution in [1.29, 1.82) is 0 Å². The third-order valence-electron chi connectivity index (χ3n) is 2.90. The fourth-order valence-electron chi connectivity index (χ4n) is 1.91. The van der Waals surface area contributed by atoms with E-state index in [1.807, 2.05) is 7.05 Å². The van der Waals surface area contributed by atoms with E-state index in [-0.39, 0.29) is 0 Å². The number of hydrogen-bond donors (Lipinski definition) is 1. The Hall–Kier alpha value is -0.0900. The zero-order chi connectivity index (χ0) is 9.90. The molecular formula is C9H19NO2S. The molecule has 78 valence electrons. The maximum Gasteiger partial charge on any atom is 0.147 e. The summed E-state index contributed by atoms with van der Waals surface area (Å²) in [4.78, 5) is 0. The van der Waals surface area contributed by atoms with Crippen LogP contribution >= 0.6 is 0 Å². The number of rotatable bonds is 5. The lowest BCUT2D eigenvalue weighted by Crippen LogP contribution is -2.34. The third-order valence-corrected chi connectivity index (χ3v) is 3.88. The molecule has 3 nitrogen and oxygen atoms in total. The molecule has 0 aliphatic heterocycles. The summed E-state index contributed by atoms with van der Waals surface area (Å²) in [7, 11) is -0.804. The Morgan fingerprint density at radius 2 is 1.92 bits per heavy atom. The molecule has 0 spiro atoms. The van der Waals surface area contributed by atoms with Gasteiger partial charge in [0.1, 0.15) is 9.84 Å². The second kappa shape index (κ2) is 4.42. The zero-order valence-electron chi connectivity index (χ0n) is 8.41. The summed E-state index contributed by atoms with van der Waals surface area (Å²) in [5.41, 5.74) is 0. The molecule has 0 aromatic rings. The van der Waals surface area contributed by atoms with Gasteiger partial charge >= 0.3 is 0 Å². The molecular weight excluding hydrogens is 186 g/mol. The van der Waals surface area contributed by atoms with Gasteiger partial charge in [-0.15, -0.1) is 0 Å². The van der Waals surface area contributed by atoms with Crippen LogP contribution in [0.2, 0.25) is 0 Å². The Balaban J connectivity index is 2.23. The first-order chi connectivity index (χ1) is 6.03. The summed E-state index contributed by atoms with van der Waals surface area (Å²) in [6.07, 6.45) is 4.64. The van der Waals surface area contributed by atoms with Gasteiger partial charge in [-0.3, -0.25) is 0 Å². The van der Waals surface area contributed by atoms with E-state index in [1.54, 1.807) is 0 Å². The van der Waals surface area contributed by atoms with Crippen molar-refractivity contribution in [3.05, 3.63) is 0 Å². The summed E-state index contributed by atoms with van der Waals surface area (Å²) < 4.78 is 21.8. The summed E-state index contributed by atoms with van der Waals surface area (Å²) in [5, 5.41) is 3.15. The maximum atomic E-state index is 10.9. The van der Waals surface area contributed by atoms with Crippen LogP contribution in [0.4, 0.5) is 0 Å². The van der Waals surface area contributed by atoms with Gasteiger partial charge in [-0.1, -0.05) is 0 Å². The van der Waals surface area contributed by atoms with Crippen LogP contribution in [0.5, 0.6) is 0 Å². The minimum atomic E-state index is -2.75. The monoisotopic (exact) mass is 205 g/mol. The maximum absolute atomic E-state index is 10.9. The van der Waals surface area contributed by atoms with E-state index < -0.39 is 9.84 Å². The Bertz CT molecular complexity index is 248. The van der Waals surface area contributed by atoms with Gasteiger partial charge in [-0.25, -0.2) is 8.42 Å². The SMILES string of the molecule is CNCC1CCC1CCS(C)(=O)=O. The van der Waals surface area contributed by atoms with Gasteiger partial charge in [0.05, 0.1) is 5.75 Å². The number of hydrogen-bond acceptors (Lipinski definition) is 3. The van der Waals surface area contributed by atoms with Crippen molar-refractivity contribution in [3.63, 3.8) is 0 Å².